The standard InChI is InChI=1S/C6H7N2/c1-2-6-4-7-5-8(6)3-1/h1,4-5H,2-3H2. The van der Waals surface area contributed by atoms with Crippen LogP contribution in [0.1, 0.15) is 5.69 Å². The lowest BCUT2D eigenvalue weighted by molar-refractivity contribution is 0.826. The molecule has 0 fully saturated rings. The molecule has 0 N–H and O–H groups in total. The molecule has 0 bridgehead atoms. The third-order valence-corrected chi connectivity index (χ3v) is 1.48. The molecule has 2 heterocycles. The fourth-order valence-corrected chi connectivity index (χ4v) is 1.03. The van der Waals surface area contributed by atoms with Gasteiger partial charge in [-0.1, -0.05) is 0 Å². The molecule has 2 heteroatoms. The van der Waals surface area contributed by atoms with Gasteiger partial charge >= 0.3 is 0 Å². The first-order valence-electron chi connectivity index (χ1n) is 2.77. The number of nitrogens with zero attached hydrogens (tertiary/aromatic N) is 2. The summed E-state index contributed by atoms with van der Waals surface area (Å²) >= 11 is 0. The second-order valence-corrected chi connectivity index (χ2v) is 2.03. The van der Waals surface area contributed by atoms with Gasteiger partial charge in [0.25, 0.3) is 0 Å². The van der Waals surface area contributed by atoms with E-state index in [1.165, 1.54) is 5.69 Å². The van der Waals surface area contributed by atoms with Gasteiger partial charge in [0.2, 0.25) is 0 Å². The van der Waals surface area contributed by atoms with Crippen molar-refractivity contribution >= 4 is 0 Å². The molecule has 1 aromatic rings. The molecule has 2 rings (SSSR count). The Morgan fingerprint density at radius 2 is 2.62 bits per heavy atom. The Morgan fingerprint density at radius 3 is 3.50 bits per heavy atom. The van der Waals surface area contributed by atoms with Gasteiger partial charge in [-0.2, -0.15) is 0 Å². The van der Waals surface area contributed by atoms with Gasteiger partial charge in [0.1, 0.15) is 0 Å². The van der Waals surface area contributed by atoms with Crippen molar-refractivity contribution in [2.75, 3.05) is 0 Å². The van der Waals surface area contributed by atoms with E-state index in [0.29, 0.717) is 0 Å². The van der Waals surface area contributed by atoms with E-state index in [-0.39, 0.29) is 0 Å². The van der Waals surface area contributed by atoms with Crippen LogP contribution >= 0.6 is 0 Å². The molecule has 8 heavy (non-hydrogen) atoms. The topological polar surface area (TPSA) is 17.8 Å². The molecule has 0 aliphatic carbocycles. The van der Waals surface area contributed by atoms with Gasteiger partial charge in [-0.3, -0.25) is 0 Å². The Bertz CT molecular complexity index is 172. The molecule has 0 saturated heterocycles. The number of rotatable bonds is 0. The summed E-state index contributed by atoms with van der Waals surface area (Å²) in [5.41, 5.74) is 1.34. The van der Waals surface area contributed by atoms with E-state index in [1.807, 2.05) is 12.5 Å². The van der Waals surface area contributed by atoms with Crippen LogP contribution < -0.4 is 0 Å². The highest BCUT2D eigenvalue weighted by Gasteiger charge is 2.07. The van der Waals surface area contributed by atoms with E-state index in [0.717, 1.165) is 13.0 Å². The summed E-state index contributed by atoms with van der Waals surface area (Å²) in [7, 11) is 0. The van der Waals surface area contributed by atoms with Gasteiger partial charge in [-0.05, 0) is 12.8 Å². The summed E-state index contributed by atoms with van der Waals surface area (Å²) in [4.78, 5) is 3.99. The third kappa shape index (κ3) is 0.399. The van der Waals surface area contributed by atoms with Crippen molar-refractivity contribution in [1.82, 2.24) is 9.55 Å². The second-order valence-electron chi connectivity index (χ2n) is 2.03. The number of hydrogen-bond donors (Lipinski definition) is 0. The van der Waals surface area contributed by atoms with Crippen molar-refractivity contribution < 1.29 is 0 Å². The van der Waals surface area contributed by atoms with Gasteiger partial charge in [0.15, 0.2) is 0 Å². The van der Waals surface area contributed by atoms with E-state index in [1.54, 1.807) is 0 Å². The lowest BCUT2D eigenvalue weighted by Crippen LogP contribution is -1.86. The minimum atomic E-state index is 1.05. The Hall–Kier alpha value is -0.790. The van der Waals surface area contributed by atoms with Gasteiger partial charge < -0.3 is 4.57 Å². The number of aromatic nitrogens is 2. The fraction of sp³-hybridized carbons (Fsp3) is 0.333. The summed E-state index contributed by atoms with van der Waals surface area (Å²) in [5, 5.41) is 0. The number of imidazole rings is 1. The van der Waals surface area contributed by atoms with Crippen LogP contribution in [0.15, 0.2) is 12.5 Å². The first-order valence-corrected chi connectivity index (χ1v) is 2.77. The maximum atomic E-state index is 3.99. The second kappa shape index (κ2) is 1.34. The van der Waals surface area contributed by atoms with E-state index < -0.39 is 0 Å². The molecule has 1 radical (unpaired) electrons. The predicted molar refractivity (Wildman–Crippen MR) is 30.2 cm³/mol. The number of fused-ring (bicyclic) bond motifs is 1. The van der Waals surface area contributed by atoms with Gasteiger partial charge in [-0.25, -0.2) is 4.98 Å². The molecular weight excluding hydrogens is 100 g/mol. The zero-order valence-electron chi connectivity index (χ0n) is 4.54. The van der Waals surface area contributed by atoms with Crippen LogP contribution in [0.3, 0.4) is 0 Å². The molecule has 41 valence electrons. The summed E-state index contributed by atoms with van der Waals surface area (Å²) in [6.07, 6.45) is 7.14. The Labute approximate surface area is 48.2 Å². The SMILES string of the molecule is [CH]1Cc2cncn2C1. The van der Waals surface area contributed by atoms with Gasteiger partial charge in [-0.15, -0.1) is 0 Å². The minimum Gasteiger partial charge on any atom is -0.334 e. The molecule has 0 atom stereocenters. The Morgan fingerprint density at radius 1 is 1.62 bits per heavy atom. The van der Waals surface area contributed by atoms with Crippen LogP contribution in [0.5, 0.6) is 0 Å². The molecule has 0 aromatic carbocycles. The zero-order valence-corrected chi connectivity index (χ0v) is 4.54. The first kappa shape index (κ1) is 4.13. The zero-order chi connectivity index (χ0) is 5.40. The van der Waals surface area contributed by atoms with Crippen molar-refractivity contribution in [3.63, 3.8) is 0 Å². The van der Waals surface area contributed by atoms with Crippen LogP contribution in [0.2, 0.25) is 0 Å². The van der Waals surface area contributed by atoms with Crippen molar-refractivity contribution in [1.29, 1.82) is 0 Å². The van der Waals surface area contributed by atoms with Crippen LogP contribution in [-0.4, -0.2) is 9.55 Å². The summed E-state index contributed by atoms with van der Waals surface area (Å²) in [6.45, 7) is 1.05. The van der Waals surface area contributed by atoms with E-state index >= 15 is 0 Å². The van der Waals surface area contributed by atoms with Crippen LogP contribution in [0.4, 0.5) is 0 Å². The first-order chi connectivity index (χ1) is 3.97. The maximum Gasteiger partial charge on any atom is 0.0948 e. The molecule has 0 spiro atoms. The average Bonchev–Trinajstić information content (AvgIpc) is 2.15. The molecular formula is C6H7N2. The molecule has 0 amide bonds. The highest BCUT2D eigenvalue weighted by Crippen LogP contribution is 2.10. The highest BCUT2D eigenvalue weighted by atomic mass is 15.1. The van der Waals surface area contributed by atoms with Crippen molar-refractivity contribution in [3.8, 4) is 0 Å². The van der Waals surface area contributed by atoms with Gasteiger partial charge in [0, 0.05) is 18.4 Å². The lowest BCUT2D eigenvalue weighted by atomic mass is 10.3. The quantitative estimate of drug-likeness (QED) is 0.475. The Balaban J connectivity index is 2.54. The van der Waals surface area contributed by atoms with E-state index in [9.17, 15) is 0 Å². The third-order valence-electron chi connectivity index (χ3n) is 1.48. The average molecular weight is 107 g/mol. The molecule has 0 unspecified atom stereocenters. The van der Waals surface area contributed by atoms with Crippen molar-refractivity contribution in [2.45, 2.75) is 13.0 Å². The number of hydrogen-bond acceptors (Lipinski definition) is 1. The molecule has 1 aromatic heterocycles. The predicted octanol–water partition coefficient (Wildman–Crippen LogP) is 0.643. The molecule has 1 aliphatic heterocycles. The Kier molecular flexibility index (Phi) is 0.692. The highest BCUT2D eigenvalue weighted by molar-refractivity contribution is 5.07. The minimum absolute atomic E-state index is 1.05. The smallest absolute Gasteiger partial charge is 0.0948 e. The van der Waals surface area contributed by atoms with E-state index in [4.69, 9.17) is 0 Å². The molecule has 0 saturated carbocycles. The lowest BCUT2D eigenvalue weighted by Gasteiger charge is -1.88. The summed E-state index contributed by atoms with van der Waals surface area (Å²) in [5.74, 6) is 0. The maximum absolute atomic E-state index is 3.99. The van der Waals surface area contributed by atoms with Crippen molar-refractivity contribution in [2.24, 2.45) is 0 Å². The van der Waals surface area contributed by atoms with Crippen LogP contribution in [0.25, 0.3) is 0 Å². The largest absolute Gasteiger partial charge is 0.334 e. The summed E-state index contributed by atoms with van der Waals surface area (Å²) < 4.78 is 2.15. The van der Waals surface area contributed by atoms with Crippen LogP contribution in [0, 0.1) is 6.42 Å². The summed E-state index contributed by atoms with van der Waals surface area (Å²) in [6, 6.07) is 0. The molecule has 1 aliphatic rings. The fourth-order valence-electron chi connectivity index (χ4n) is 1.03. The van der Waals surface area contributed by atoms with Crippen molar-refractivity contribution in [3.05, 3.63) is 24.6 Å². The monoisotopic (exact) mass is 107 g/mol. The normalized spacial score (nSPS) is 16.5. The molecule has 2 nitrogen and oxygen atoms in total. The van der Waals surface area contributed by atoms with Crippen LogP contribution in [-0.2, 0) is 13.0 Å². The van der Waals surface area contributed by atoms with E-state index in [2.05, 4.69) is 16.0 Å². The van der Waals surface area contributed by atoms with Gasteiger partial charge in [0.05, 0.1) is 6.33 Å².